The summed E-state index contributed by atoms with van der Waals surface area (Å²) in [6.07, 6.45) is 51.7. The van der Waals surface area contributed by atoms with Crippen molar-refractivity contribution in [2.75, 3.05) is 47.5 Å². The molecule has 0 radical (unpaired) electrons. The van der Waals surface area contributed by atoms with Gasteiger partial charge < -0.3 is 27.9 Å². The van der Waals surface area contributed by atoms with Crippen LogP contribution in [0, 0.1) is 0 Å². The summed E-state index contributed by atoms with van der Waals surface area (Å²) < 4.78 is 33.7. The number of likely N-dealkylation sites (N-methyl/N-ethyl adjacent to an activating group) is 1. The van der Waals surface area contributed by atoms with Crippen molar-refractivity contribution in [3.8, 4) is 0 Å². The molecule has 0 saturated heterocycles. The van der Waals surface area contributed by atoms with Crippen LogP contribution in [-0.2, 0) is 32.7 Å². The lowest BCUT2D eigenvalue weighted by molar-refractivity contribution is -0.870. The first-order valence-corrected chi connectivity index (χ1v) is 23.4. The molecule has 2 atom stereocenters. The summed E-state index contributed by atoms with van der Waals surface area (Å²) in [6, 6.07) is 0. The highest BCUT2D eigenvalue weighted by atomic mass is 31.2. The van der Waals surface area contributed by atoms with Crippen molar-refractivity contribution in [1.82, 2.24) is 0 Å². The van der Waals surface area contributed by atoms with Gasteiger partial charge in [0, 0.05) is 12.8 Å². The first kappa shape index (κ1) is 54.9. The van der Waals surface area contributed by atoms with Crippen molar-refractivity contribution in [2.24, 2.45) is 0 Å². The van der Waals surface area contributed by atoms with Crippen LogP contribution in [0.2, 0.25) is 0 Å². The number of phosphoric ester groups is 1. The smallest absolute Gasteiger partial charge is 0.306 e. The quantitative estimate of drug-likeness (QED) is 0.0199. The van der Waals surface area contributed by atoms with Crippen LogP contribution in [0.15, 0.2) is 97.2 Å². The van der Waals surface area contributed by atoms with E-state index in [4.69, 9.17) is 18.5 Å². The zero-order valence-electron chi connectivity index (χ0n) is 36.9. The Morgan fingerprint density at radius 1 is 0.552 bits per heavy atom. The van der Waals surface area contributed by atoms with Gasteiger partial charge in [-0.3, -0.25) is 14.2 Å². The second-order valence-electron chi connectivity index (χ2n) is 15.3. The van der Waals surface area contributed by atoms with Crippen molar-refractivity contribution in [3.63, 3.8) is 0 Å². The molecule has 0 aliphatic rings. The molecule has 0 fully saturated rings. The molecule has 0 amide bonds. The summed E-state index contributed by atoms with van der Waals surface area (Å²) in [4.78, 5) is 37.5. The highest BCUT2D eigenvalue weighted by Crippen LogP contribution is 2.38. The zero-order valence-corrected chi connectivity index (χ0v) is 37.8. The number of carbonyl (C=O) groups excluding carboxylic acids is 2. The first-order chi connectivity index (χ1) is 28.0. The maximum Gasteiger partial charge on any atom is 0.306 e. The average Bonchev–Trinajstić information content (AvgIpc) is 3.17. The van der Waals surface area contributed by atoms with Crippen molar-refractivity contribution in [3.05, 3.63) is 97.2 Å². The number of nitrogens with zero attached hydrogens (tertiary/aromatic N) is 1. The van der Waals surface area contributed by atoms with Gasteiger partial charge in [0.1, 0.15) is 19.8 Å². The maximum atomic E-state index is 12.6. The summed E-state index contributed by atoms with van der Waals surface area (Å²) in [6.45, 7) is 3.95. The number of hydrogen-bond acceptors (Lipinski definition) is 8. The number of carbonyl (C=O) groups is 2. The molecule has 0 aromatic heterocycles. The molecule has 0 saturated carbocycles. The number of quaternary nitrogens is 1. The van der Waals surface area contributed by atoms with E-state index in [1.54, 1.807) is 0 Å². The Morgan fingerprint density at radius 3 is 1.53 bits per heavy atom. The highest BCUT2D eigenvalue weighted by Gasteiger charge is 2.21. The molecular formula is C48H80NO8P. The van der Waals surface area contributed by atoms with E-state index in [1.165, 1.54) is 38.5 Å². The Morgan fingerprint density at radius 2 is 1.02 bits per heavy atom. The molecule has 58 heavy (non-hydrogen) atoms. The highest BCUT2D eigenvalue weighted by molar-refractivity contribution is 7.45. The minimum absolute atomic E-state index is 0.0547. The summed E-state index contributed by atoms with van der Waals surface area (Å²) in [5, 5.41) is 0. The predicted molar refractivity (Wildman–Crippen MR) is 240 cm³/mol. The van der Waals surface area contributed by atoms with Crippen LogP contribution in [0.3, 0.4) is 0 Å². The third-order valence-electron chi connectivity index (χ3n) is 8.60. The zero-order chi connectivity index (χ0) is 42.8. The summed E-state index contributed by atoms with van der Waals surface area (Å²) >= 11 is 0. The number of rotatable bonds is 38. The van der Waals surface area contributed by atoms with Gasteiger partial charge in [0.25, 0.3) is 7.82 Å². The van der Waals surface area contributed by atoms with Crippen LogP contribution >= 0.6 is 7.82 Å². The Kier molecular flexibility index (Phi) is 37.3. The molecule has 0 heterocycles. The number of esters is 2. The Bertz CT molecular complexity index is 1300. The van der Waals surface area contributed by atoms with Crippen molar-refractivity contribution in [2.45, 2.75) is 148 Å². The van der Waals surface area contributed by atoms with Crippen LogP contribution in [-0.4, -0.2) is 70.0 Å². The normalized spacial score (nSPS) is 14.5. The molecule has 10 heteroatoms. The van der Waals surface area contributed by atoms with E-state index in [-0.39, 0.29) is 26.1 Å². The first-order valence-electron chi connectivity index (χ1n) is 21.9. The molecule has 9 nitrogen and oxygen atoms in total. The van der Waals surface area contributed by atoms with Crippen molar-refractivity contribution < 1.29 is 42.1 Å². The summed E-state index contributed by atoms with van der Waals surface area (Å²) in [5.41, 5.74) is 0. The monoisotopic (exact) mass is 830 g/mol. The van der Waals surface area contributed by atoms with Gasteiger partial charge in [-0.1, -0.05) is 143 Å². The van der Waals surface area contributed by atoms with E-state index in [0.717, 1.165) is 64.2 Å². The Hall–Kier alpha value is -3.07. The Labute approximate surface area is 353 Å². The molecule has 0 rings (SSSR count). The average molecular weight is 830 g/mol. The number of unbranched alkanes of at least 4 members (excludes halogenated alkanes) is 8. The molecule has 0 aliphatic heterocycles. The predicted octanol–water partition coefficient (Wildman–Crippen LogP) is 11.9. The number of allylic oxidation sites excluding steroid dienone is 16. The maximum absolute atomic E-state index is 12.6. The molecule has 0 aliphatic carbocycles. The molecule has 0 aromatic carbocycles. The van der Waals surface area contributed by atoms with E-state index in [9.17, 15) is 19.0 Å². The fraction of sp³-hybridized carbons (Fsp3) is 0.625. The number of hydrogen-bond donors (Lipinski definition) is 0. The van der Waals surface area contributed by atoms with Gasteiger partial charge in [-0.15, -0.1) is 0 Å². The molecule has 330 valence electrons. The van der Waals surface area contributed by atoms with Crippen LogP contribution in [0.5, 0.6) is 0 Å². The standard InChI is InChI=1S/C48H80NO8P/c1-6-8-10-12-14-16-18-20-22-23-24-25-27-29-31-33-35-37-39-41-48(51)57-46(45-56-58(52,53)55-43-42-49(3,4)5)44-54-47(50)40-38-36-34-32-30-28-26-21-19-17-15-13-11-9-7-2/h8,10,14,16,20-22,24-26,29-32,35,37,46H,6-7,9,11-13,15,17-19,23,27-28,33-34,36,38-45H2,1-5H3/b10-8+,16-14+,22-20+,25-24+,26-21+,31-29+,32-30+,37-35+/t46-/m1/s1. The summed E-state index contributed by atoms with van der Waals surface area (Å²) in [5.74, 6) is -0.981. The Balaban J connectivity index is 4.57. The third kappa shape index (κ3) is 42.5. The SMILES string of the molecule is CC/C=C/C/C=C/C/C=C/C/C=C/C/C=C/C/C=C/CCC(=O)O[C@H](COC(=O)CCCC/C=C/C/C=C/CCCCCCCC)COP(=O)([O-])OCC[N+](C)(C)C. The van der Waals surface area contributed by atoms with Gasteiger partial charge in [-0.2, -0.15) is 0 Å². The minimum Gasteiger partial charge on any atom is -0.756 e. The number of phosphoric acid groups is 1. The molecule has 0 N–H and O–H groups in total. The van der Waals surface area contributed by atoms with E-state index >= 15 is 0 Å². The van der Waals surface area contributed by atoms with Gasteiger partial charge in [-0.05, 0) is 83.5 Å². The minimum atomic E-state index is -4.66. The van der Waals surface area contributed by atoms with Crippen molar-refractivity contribution >= 4 is 19.8 Å². The van der Waals surface area contributed by atoms with Gasteiger partial charge >= 0.3 is 11.9 Å². The largest absolute Gasteiger partial charge is 0.756 e. The van der Waals surface area contributed by atoms with Gasteiger partial charge in [0.15, 0.2) is 6.10 Å². The fourth-order valence-electron chi connectivity index (χ4n) is 5.18. The number of ether oxygens (including phenoxy) is 2. The van der Waals surface area contributed by atoms with Gasteiger partial charge in [-0.25, -0.2) is 0 Å². The van der Waals surface area contributed by atoms with E-state index in [2.05, 4.69) is 98.9 Å². The fourth-order valence-corrected chi connectivity index (χ4v) is 5.91. The second-order valence-corrected chi connectivity index (χ2v) is 16.7. The van der Waals surface area contributed by atoms with Crippen LogP contribution in [0.1, 0.15) is 142 Å². The summed E-state index contributed by atoms with van der Waals surface area (Å²) in [7, 11) is 1.08. The second kappa shape index (κ2) is 39.4. The van der Waals surface area contributed by atoms with E-state index in [0.29, 0.717) is 23.9 Å². The molecule has 0 aromatic rings. The topological polar surface area (TPSA) is 111 Å². The van der Waals surface area contributed by atoms with E-state index < -0.39 is 32.5 Å². The van der Waals surface area contributed by atoms with Crippen LogP contribution in [0.25, 0.3) is 0 Å². The van der Waals surface area contributed by atoms with Crippen LogP contribution in [0.4, 0.5) is 0 Å². The van der Waals surface area contributed by atoms with Gasteiger partial charge in [0.05, 0.1) is 27.7 Å². The molecule has 0 spiro atoms. The third-order valence-corrected chi connectivity index (χ3v) is 9.57. The lowest BCUT2D eigenvalue weighted by Crippen LogP contribution is -2.37. The van der Waals surface area contributed by atoms with E-state index in [1.807, 2.05) is 33.3 Å². The lowest BCUT2D eigenvalue weighted by Gasteiger charge is -2.28. The molecule has 1 unspecified atom stereocenters. The van der Waals surface area contributed by atoms with Crippen molar-refractivity contribution in [1.29, 1.82) is 0 Å². The van der Waals surface area contributed by atoms with Crippen LogP contribution < -0.4 is 4.89 Å². The molecule has 0 bridgehead atoms. The van der Waals surface area contributed by atoms with Gasteiger partial charge in [0.2, 0.25) is 0 Å². The lowest BCUT2D eigenvalue weighted by atomic mass is 10.1. The molecular weight excluding hydrogens is 750 g/mol.